The zero-order valence-corrected chi connectivity index (χ0v) is 17.5. The van der Waals surface area contributed by atoms with Crippen molar-refractivity contribution < 1.29 is 9.53 Å². The van der Waals surface area contributed by atoms with E-state index in [0.29, 0.717) is 12.5 Å². The van der Waals surface area contributed by atoms with Crippen LogP contribution in [0.2, 0.25) is 0 Å². The molecular weight excluding hydrogens is 366 g/mol. The first-order chi connectivity index (χ1) is 14.2. The van der Waals surface area contributed by atoms with E-state index in [4.69, 9.17) is 4.74 Å². The van der Waals surface area contributed by atoms with Crippen LogP contribution in [0.15, 0.2) is 29.3 Å². The van der Waals surface area contributed by atoms with Gasteiger partial charge in [0.2, 0.25) is 5.91 Å². The Kier molecular flexibility index (Phi) is 6.67. The standard InChI is InChI=1S/C22H33N5O2/c1-23-22(26-11-9-20(17-26)25-12-14-29-15-13-25)24-16-18-5-7-19(8-6-18)27-10-3-2-4-21(27)28/h5-8,20H,2-4,9-17H2,1H3,(H,23,24). The molecule has 0 aliphatic carbocycles. The van der Waals surface area contributed by atoms with Gasteiger partial charge in [0, 0.05) is 64.5 Å². The number of nitrogens with zero attached hydrogens (tertiary/aromatic N) is 4. The summed E-state index contributed by atoms with van der Waals surface area (Å²) >= 11 is 0. The van der Waals surface area contributed by atoms with Crippen molar-refractivity contribution in [1.29, 1.82) is 0 Å². The van der Waals surface area contributed by atoms with E-state index < -0.39 is 0 Å². The van der Waals surface area contributed by atoms with Gasteiger partial charge in [-0.25, -0.2) is 0 Å². The number of likely N-dealkylation sites (tertiary alicyclic amines) is 1. The summed E-state index contributed by atoms with van der Waals surface area (Å²) in [4.78, 5) is 23.4. The molecule has 0 radical (unpaired) electrons. The Morgan fingerprint density at radius 3 is 2.66 bits per heavy atom. The number of morpholine rings is 1. The van der Waals surface area contributed by atoms with Crippen molar-refractivity contribution in [3.63, 3.8) is 0 Å². The van der Waals surface area contributed by atoms with Crippen LogP contribution in [0.5, 0.6) is 0 Å². The van der Waals surface area contributed by atoms with E-state index in [1.165, 1.54) is 12.0 Å². The zero-order valence-electron chi connectivity index (χ0n) is 17.5. The number of hydrogen-bond acceptors (Lipinski definition) is 4. The summed E-state index contributed by atoms with van der Waals surface area (Å²) in [5, 5.41) is 3.51. The quantitative estimate of drug-likeness (QED) is 0.617. The first-order valence-corrected chi connectivity index (χ1v) is 10.9. The average molecular weight is 400 g/mol. The van der Waals surface area contributed by atoms with Crippen LogP contribution in [0.3, 0.4) is 0 Å². The van der Waals surface area contributed by atoms with E-state index in [0.717, 1.165) is 77.0 Å². The molecule has 1 unspecified atom stereocenters. The summed E-state index contributed by atoms with van der Waals surface area (Å²) in [7, 11) is 1.86. The molecule has 0 aromatic heterocycles. The third kappa shape index (κ3) is 4.90. The van der Waals surface area contributed by atoms with Gasteiger partial charge in [0.25, 0.3) is 0 Å². The molecule has 1 N–H and O–H groups in total. The number of rotatable bonds is 4. The summed E-state index contributed by atoms with van der Waals surface area (Å²) < 4.78 is 5.48. The minimum atomic E-state index is 0.242. The van der Waals surface area contributed by atoms with Crippen LogP contribution in [0, 0.1) is 0 Å². The molecule has 0 spiro atoms. The molecule has 4 rings (SSSR count). The molecule has 0 saturated carbocycles. The van der Waals surface area contributed by atoms with Crippen LogP contribution >= 0.6 is 0 Å². The Bertz CT molecular complexity index is 714. The number of hydrogen-bond donors (Lipinski definition) is 1. The van der Waals surface area contributed by atoms with Gasteiger partial charge in [0.1, 0.15) is 0 Å². The molecule has 3 aliphatic rings. The number of benzene rings is 1. The fraction of sp³-hybridized carbons (Fsp3) is 0.636. The number of nitrogens with one attached hydrogen (secondary N) is 1. The summed E-state index contributed by atoms with van der Waals surface area (Å²) in [6, 6.07) is 8.94. The van der Waals surface area contributed by atoms with Gasteiger partial charge < -0.3 is 19.9 Å². The minimum absolute atomic E-state index is 0.242. The molecule has 7 nitrogen and oxygen atoms in total. The zero-order chi connectivity index (χ0) is 20.1. The van der Waals surface area contributed by atoms with Crippen molar-refractivity contribution >= 4 is 17.6 Å². The highest BCUT2D eigenvalue weighted by atomic mass is 16.5. The van der Waals surface area contributed by atoms with Gasteiger partial charge in [-0.3, -0.25) is 14.7 Å². The van der Waals surface area contributed by atoms with E-state index in [-0.39, 0.29) is 5.91 Å². The summed E-state index contributed by atoms with van der Waals surface area (Å²) in [6.45, 7) is 7.41. The molecule has 3 saturated heterocycles. The Hall–Kier alpha value is -2.12. The molecule has 3 aliphatic heterocycles. The number of piperidine rings is 1. The van der Waals surface area contributed by atoms with Gasteiger partial charge >= 0.3 is 0 Å². The van der Waals surface area contributed by atoms with Crippen molar-refractivity contribution in [2.24, 2.45) is 4.99 Å². The Morgan fingerprint density at radius 1 is 1.14 bits per heavy atom. The first kappa shape index (κ1) is 20.2. The van der Waals surface area contributed by atoms with Crippen molar-refractivity contribution in [2.45, 2.75) is 38.3 Å². The molecule has 29 heavy (non-hydrogen) atoms. The van der Waals surface area contributed by atoms with Crippen LogP contribution in [0.4, 0.5) is 5.69 Å². The lowest BCUT2D eigenvalue weighted by atomic mass is 10.1. The normalized spacial score (nSPS) is 24.2. The highest BCUT2D eigenvalue weighted by Gasteiger charge is 2.30. The van der Waals surface area contributed by atoms with Crippen LogP contribution < -0.4 is 10.2 Å². The highest BCUT2D eigenvalue weighted by molar-refractivity contribution is 5.93. The van der Waals surface area contributed by atoms with Crippen molar-refractivity contribution in [1.82, 2.24) is 15.1 Å². The van der Waals surface area contributed by atoms with Crippen LogP contribution in [-0.4, -0.2) is 80.7 Å². The van der Waals surface area contributed by atoms with Gasteiger partial charge in [0.05, 0.1) is 13.2 Å². The highest BCUT2D eigenvalue weighted by Crippen LogP contribution is 2.21. The minimum Gasteiger partial charge on any atom is -0.379 e. The number of aliphatic imine (C=N–C) groups is 1. The van der Waals surface area contributed by atoms with E-state index in [1.54, 1.807) is 0 Å². The Morgan fingerprint density at radius 2 is 1.93 bits per heavy atom. The van der Waals surface area contributed by atoms with Crippen molar-refractivity contribution in [3.8, 4) is 0 Å². The average Bonchev–Trinajstić information content (AvgIpc) is 3.26. The lowest BCUT2D eigenvalue weighted by Gasteiger charge is -2.32. The Labute approximate surface area is 173 Å². The molecule has 3 heterocycles. The van der Waals surface area contributed by atoms with Crippen LogP contribution in [0.25, 0.3) is 0 Å². The monoisotopic (exact) mass is 399 g/mol. The number of carbonyl (C=O) groups is 1. The molecule has 1 atom stereocenters. The van der Waals surface area contributed by atoms with Crippen molar-refractivity contribution in [3.05, 3.63) is 29.8 Å². The van der Waals surface area contributed by atoms with E-state index >= 15 is 0 Å². The maximum Gasteiger partial charge on any atom is 0.226 e. The lowest BCUT2D eigenvalue weighted by molar-refractivity contribution is -0.119. The topological polar surface area (TPSA) is 60.4 Å². The maximum absolute atomic E-state index is 12.1. The van der Waals surface area contributed by atoms with Gasteiger partial charge in [-0.05, 0) is 37.0 Å². The first-order valence-electron chi connectivity index (χ1n) is 10.9. The third-order valence-corrected chi connectivity index (χ3v) is 6.26. The molecule has 1 amide bonds. The number of ether oxygens (including phenoxy) is 1. The summed E-state index contributed by atoms with van der Waals surface area (Å²) in [5.74, 6) is 1.21. The Balaban J connectivity index is 1.29. The maximum atomic E-state index is 12.1. The SMILES string of the molecule is CN=C(NCc1ccc(N2CCCCC2=O)cc1)N1CCC(N2CCOCC2)C1. The van der Waals surface area contributed by atoms with E-state index in [2.05, 4.69) is 44.4 Å². The van der Waals surface area contributed by atoms with Gasteiger partial charge in [0.15, 0.2) is 5.96 Å². The predicted octanol–water partition coefficient (Wildman–Crippen LogP) is 1.69. The smallest absolute Gasteiger partial charge is 0.226 e. The summed E-state index contributed by atoms with van der Waals surface area (Å²) in [5.41, 5.74) is 2.21. The van der Waals surface area contributed by atoms with E-state index in [1.807, 2.05) is 11.9 Å². The molecule has 158 valence electrons. The fourth-order valence-electron chi connectivity index (χ4n) is 4.56. The van der Waals surface area contributed by atoms with Gasteiger partial charge in [-0.2, -0.15) is 0 Å². The fourth-order valence-corrected chi connectivity index (χ4v) is 4.56. The van der Waals surface area contributed by atoms with Crippen LogP contribution in [0.1, 0.15) is 31.2 Å². The second kappa shape index (κ2) is 9.59. The number of anilines is 1. The number of carbonyl (C=O) groups excluding carboxylic acids is 1. The second-order valence-corrected chi connectivity index (χ2v) is 8.11. The molecule has 0 bridgehead atoms. The van der Waals surface area contributed by atoms with Gasteiger partial charge in [-0.1, -0.05) is 12.1 Å². The summed E-state index contributed by atoms with van der Waals surface area (Å²) in [6.07, 6.45) is 3.95. The lowest BCUT2D eigenvalue weighted by Crippen LogP contribution is -2.46. The largest absolute Gasteiger partial charge is 0.379 e. The molecule has 3 fully saturated rings. The molecule has 1 aromatic rings. The van der Waals surface area contributed by atoms with E-state index in [9.17, 15) is 4.79 Å². The number of amides is 1. The molecular formula is C22H33N5O2. The van der Waals surface area contributed by atoms with Gasteiger partial charge in [-0.15, -0.1) is 0 Å². The van der Waals surface area contributed by atoms with Crippen molar-refractivity contribution in [2.75, 3.05) is 57.9 Å². The number of guanidine groups is 1. The molecule has 7 heteroatoms. The van der Waals surface area contributed by atoms with Crippen LogP contribution in [-0.2, 0) is 16.1 Å². The second-order valence-electron chi connectivity index (χ2n) is 8.11. The third-order valence-electron chi connectivity index (χ3n) is 6.26. The predicted molar refractivity (Wildman–Crippen MR) is 115 cm³/mol. The molecule has 1 aromatic carbocycles.